The number of aliphatic hydroxyl groups is 1. The average Bonchev–Trinajstić information content (AvgIpc) is 2.81. The molecule has 180 valence electrons. The summed E-state index contributed by atoms with van der Waals surface area (Å²) in [5.41, 5.74) is 0.843. The molecular weight excluding hydrogens is 433 g/mol. The zero-order valence-corrected chi connectivity index (χ0v) is 18.9. The Kier molecular flexibility index (Phi) is 9.35. The van der Waals surface area contributed by atoms with Gasteiger partial charge in [0.15, 0.2) is 29.5 Å². The van der Waals surface area contributed by atoms with Gasteiger partial charge in [-0.05, 0) is 43.4 Å². The SMILES string of the molecule is C=CCCOc1ccc(C2CCC(OCc3ccc(C(O)CCC)c(F)c3F)OC2)cc1F. The molecule has 2 aromatic carbocycles. The summed E-state index contributed by atoms with van der Waals surface area (Å²) in [7, 11) is 0. The number of halogens is 3. The van der Waals surface area contributed by atoms with Gasteiger partial charge in [-0.3, -0.25) is 0 Å². The molecule has 33 heavy (non-hydrogen) atoms. The van der Waals surface area contributed by atoms with E-state index in [0.717, 1.165) is 5.56 Å². The van der Waals surface area contributed by atoms with Gasteiger partial charge in [-0.1, -0.05) is 37.6 Å². The minimum Gasteiger partial charge on any atom is -0.490 e. The molecule has 2 aromatic rings. The third kappa shape index (κ3) is 6.59. The lowest BCUT2D eigenvalue weighted by molar-refractivity contribution is -0.174. The molecule has 1 N–H and O–H groups in total. The highest BCUT2D eigenvalue weighted by Gasteiger charge is 2.25. The molecule has 1 aliphatic heterocycles. The lowest BCUT2D eigenvalue weighted by atomic mass is 9.93. The van der Waals surface area contributed by atoms with Crippen LogP contribution in [0.4, 0.5) is 13.2 Å². The normalized spacial score (nSPS) is 19.3. The fourth-order valence-electron chi connectivity index (χ4n) is 3.85. The fraction of sp³-hybridized carbons (Fsp3) is 0.462. The molecule has 0 aliphatic carbocycles. The van der Waals surface area contributed by atoms with E-state index in [2.05, 4.69) is 6.58 Å². The second-order valence-corrected chi connectivity index (χ2v) is 8.21. The first-order valence-electron chi connectivity index (χ1n) is 11.4. The zero-order valence-electron chi connectivity index (χ0n) is 18.9. The molecule has 3 atom stereocenters. The van der Waals surface area contributed by atoms with E-state index in [9.17, 15) is 18.3 Å². The Labute approximate surface area is 193 Å². The van der Waals surface area contributed by atoms with E-state index in [4.69, 9.17) is 14.2 Å². The summed E-state index contributed by atoms with van der Waals surface area (Å²) in [6, 6.07) is 7.74. The molecule has 1 fully saturated rings. The van der Waals surface area contributed by atoms with Crippen LogP contribution in [-0.4, -0.2) is 24.6 Å². The number of aliphatic hydroxyl groups excluding tert-OH is 1. The lowest BCUT2D eigenvalue weighted by Crippen LogP contribution is -2.27. The maximum absolute atomic E-state index is 14.4. The molecule has 0 aromatic heterocycles. The molecule has 1 aliphatic rings. The summed E-state index contributed by atoms with van der Waals surface area (Å²) < 4.78 is 59.8. The van der Waals surface area contributed by atoms with Gasteiger partial charge in [-0.25, -0.2) is 13.2 Å². The number of benzene rings is 2. The van der Waals surface area contributed by atoms with E-state index in [0.29, 0.717) is 45.3 Å². The Balaban J connectivity index is 1.51. The third-order valence-electron chi connectivity index (χ3n) is 5.78. The number of hydrogen-bond donors (Lipinski definition) is 1. The standard InChI is InChI=1S/C26H31F3O4/c1-3-5-13-31-23-11-8-17(14-21(23)27)18-9-12-24(32-15-18)33-16-19-7-10-20(22(30)6-4-2)26(29)25(19)28/h3,7-8,10-11,14,18,22,24,30H,1,4-6,9,12-13,15-16H2,2H3. The van der Waals surface area contributed by atoms with E-state index in [-0.39, 0.29) is 29.4 Å². The van der Waals surface area contributed by atoms with Crippen LogP contribution in [0.25, 0.3) is 0 Å². The van der Waals surface area contributed by atoms with Crippen LogP contribution in [0.5, 0.6) is 5.75 Å². The summed E-state index contributed by atoms with van der Waals surface area (Å²) in [4.78, 5) is 0. The van der Waals surface area contributed by atoms with Crippen LogP contribution in [0.1, 0.15) is 67.7 Å². The quantitative estimate of drug-likeness (QED) is 0.312. The predicted molar refractivity (Wildman–Crippen MR) is 119 cm³/mol. The van der Waals surface area contributed by atoms with Crippen LogP contribution in [-0.2, 0) is 16.1 Å². The Bertz CT molecular complexity index is 926. The molecule has 1 heterocycles. The number of ether oxygens (including phenoxy) is 3. The van der Waals surface area contributed by atoms with Crippen molar-refractivity contribution in [1.29, 1.82) is 0 Å². The molecular formula is C26H31F3O4. The maximum Gasteiger partial charge on any atom is 0.165 e. The molecule has 7 heteroatoms. The largest absolute Gasteiger partial charge is 0.490 e. The monoisotopic (exact) mass is 464 g/mol. The fourth-order valence-corrected chi connectivity index (χ4v) is 3.85. The van der Waals surface area contributed by atoms with Crippen molar-refractivity contribution in [3.63, 3.8) is 0 Å². The van der Waals surface area contributed by atoms with Crippen molar-refractivity contribution in [2.75, 3.05) is 13.2 Å². The summed E-state index contributed by atoms with van der Waals surface area (Å²) >= 11 is 0. The van der Waals surface area contributed by atoms with Gasteiger partial charge >= 0.3 is 0 Å². The Hall–Kier alpha value is -2.35. The minimum absolute atomic E-state index is 0.00934. The highest BCUT2D eigenvalue weighted by molar-refractivity contribution is 5.32. The summed E-state index contributed by atoms with van der Waals surface area (Å²) in [5.74, 6) is -2.25. The van der Waals surface area contributed by atoms with E-state index in [1.54, 1.807) is 12.1 Å². The van der Waals surface area contributed by atoms with Crippen molar-refractivity contribution in [1.82, 2.24) is 0 Å². The van der Waals surface area contributed by atoms with Gasteiger partial charge in [-0.2, -0.15) is 0 Å². The van der Waals surface area contributed by atoms with Gasteiger partial charge in [0, 0.05) is 17.0 Å². The van der Waals surface area contributed by atoms with Crippen molar-refractivity contribution in [2.45, 2.75) is 63.9 Å². The van der Waals surface area contributed by atoms with E-state index < -0.39 is 29.8 Å². The second kappa shape index (κ2) is 12.2. The molecule has 0 spiro atoms. The predicted octanol–water partition coefficient (Wildman–Crippen LogP) is 6.33. The first-order valence-corrected chi connectivity index (χ1v) is 11.4. The molecule has 1 saturated heterocycles. The molecule has 0 amide bonds. The van der Waals surface area contributed by atoms with E-state index in [1.807, 2.05) is 13.0 Å². The number of rotatable bonds is 11. The summed E-state index contributed by atoms with van der Waals surface area (Å²) in [6.07, 6.45) is 3.03. The first kappa shape index (κ1) is 25.3. The molecule has 0 saturated carbocycles. The van der Waals surface area contributed by atoms with E-state index in [1.165, 1.54) is 18.2 Å². The Morgan fingerprint density at radius 2 is 2.00 bits per heavy atom. The summed E-state index contributed by atoms with van der Waals surface area (Å²) in [6.45, 7) is 6.03. The van der Waals surface area contributed by atoms with Crippen LogP contribution in [0.2, 0.25) is 0 Å². The number of hydrogen-bond acceptors (Lipinski definition) is 4. The van der Waals surface area contributed by atoms with Crippen LogP contribution < -0.4 is 4.74 Å². The highest BCUT2D eigenvalue weighted by Crippen LogP contribution is 2.32. The van der Waals surface area contributed by atoms with Crippen LogP contribution in [0.3, 0.4) is 0 Å². The van der Waals surface area contributed by atoms with Crippen LogP contribution in [0, 0.1) is 17.5 Å². The highest BCUT2D eigenvalue weighted by atomic mass is 19.2. The van der Waals surface area contributed by atoms with Gasteiger partial charge in [0.25, 0.3) is 0 Å². The molecule has 0 radical (unpaired) electrons. The smallest absolute Gasteiger partial charge is 0.165 e. The summed E-state index contributed by atoms with van der Waals surface area (Å²) in [5, 5.41) is 9.96. The minimum atomic E-state index is -1.04. The molecule has 3 rings (SSSR count). The van der Waals surface area contributed by atoms with E-state index >= 15 is 0 Å². The maximum atomic E-state index is 14.4. The molecule has 4 nitrogen and oxygen atoms in total. The third-order valence-corrected chi connectivity index (χ3v) is 5.78. The van der Waals surface area contributed by atoms with Gasteiger partial charge in [0.2, 0.25) is 0 Å². The van der Waals surface area contributed by atoms with Crippen molar-refractivity contribution < 1.29 is 32.5 Å². The van der Waals surface area contributed by atoms with Gasteiger partial charge < -0.3 is 19.3 Å². The Morgan fingerprint density at radius 3 is 2.67 bits per heavy atom. The van der Waals surface area contributed by atoms with Crippen molar-refractivity contribution in [3.8, 4) is 5.75 Å². The van der Waals surface area contributed by atoms with Crippen molar-refractivity contribution in [3.05, 3.63) is 77.1 Å². The second-order valence-electron chi connectivity index (χ2n) is 8.21. The van der Waals surface area contributed by atoms with Crippen LogP contribution in [0.15, 0.2) is 43.0 Å². The van der Waals surface area contributed by atoms with Crippen LogP contribution >= 0.6 is 0 Å². The molecule has 0 bridgehead atoms. The Morgan fingerprint density at radius 1 is 1.18 bits per heavy atom. The molecule has 3 unspecified atom stereocenters. The zero-order chi connectivity index (χ0) is 23.8. The topological polar surface area (TPSA) is 47.9 Å². The van der Waals surface area contributed by atoms with Gasteiger partial charge in [0.1, 0.15) is 0 Å². The van der Waals surface area contributed by atoms with Crippen molar-refractivity contribution in [2.24, 2.45) is 0 Å². The van der Waals surface area contributed by atoms with Gasteiger partial charge in [0.05, 0.1) is 25.9 Å². The first-order chi connectivity index (χ1) is 15.9. The average molecular weight is 465 g/mol. The van der Waals surface area contributed by atoms with Gasteiger partial charge in [-0.15, -0.1) is 6.58 Å². The lowest BCUT2D eigenvalue weighted by Gasteiger charge is -2.29. The van der Waals surface area contributed by atoms with Crippen molar-refractivity contribution >= 4 is 0 Å².